The number of hydrogen-bond donors (Lipinski definition) is 0. The van der Waals surface area contributed by atoms with Crippen LogP contribution in [0.2, 0.25) is 10.0 Å². The van der Waals surface area contributed by atoms with Gasteiger partial charge in [0.1, 0.15) is 0 Å². The number of nitrogens with zero attached hydrogens (tertiary/aromatic N) is 4. The zero-order valence-corrected chi connectivity index (χ0v) is 19.1. The maximum Gasteiger partial charge on any atom is 0.269 e. The maximum atomic E-state index is 12.9. The summed E-state index contributed by atoms with van der Waals surface area (Å²) in [7, 11) is -3.72. The highest BCUT2D eigenvalue weighted by Gasteiger charge is 2.29. The fraction of sp³-hybridized carbons (Fsp3) is 0.211. The molecule has 0 aliphatic carbocycles. The van der Waals surface area contributed by atoms with Crippen LogP contribution < -0.4 is 4.90 Å². The zero-order valence-electron chi connectivity index (χ0n) is 15.9. The minimum absolute atomic E-state index is 0.0425. The molecule has 8 nitrogen and oxygen atoms in total. The summed E-state index contributed by atoms with van der Waals surface area (Å²) in [5.74, 6) is 0. The standard InChI is InChI=1S/C19H16Cl2N4O4S2/c20-14-9-13(10-15(21)11-14)18-12-30-19(22-18)23-5-7-24(8-6-23)31(28,29)17-3-1-16(2-4-17)25(26)27/h1-4,9-12H,5-8H2. The van der Waals surface area contributed by atoms with Crippen LogP contribution in [0.1, 0.15) is 0 Å². The highest BCUT2D eigenvalue weighted by Crippen LogP contribution is 2.32. The quantitative estimate of drug-likeness (QED) is 0.378. The van der Waals surface area contributed by atoms with E-state index in [1.54, 1.807) is 18.2 Å². The van der Waals surface area contributed by atoms with Gasteiger partial charge in [-0.1, -0.05) is 23.2 Å². The van der Waals surface area contributed by atoms with Crippen LogP contribution in [-0.4, -0.2) is 48.8 Å². The van der Waals surface area contributed by atoms with Crippen LogP contribution in [0.15, 0.2) is 52.7 Å². The first kappa shape index (κ1) is 22.0. The van der Waals surface area contributed by atoms with Crippen molar-refractivity contribution < 1.29 is 13.3 Å². The SMILES string of the molecule is O=[N+]([O-])c1ccc(S(=O)(=O)N2CCN(c3nc(-c4cc(Cl)cc(Cl)c4)cs3)CC2)cc1. The molecule has 0 saturated carbocycles. The van der Waals surface area contributed by atoms with Crippen molar-refractivity contribution in [1.29, 1.82) is 0 Å². The summed E-state index contributed by atoms with van der Waals surface area (Å²) in [5, 5.41) is 14.5. The lowest BCUT2D eigenvalue weighted by Gasteiger charge is -2.33. The van der Waals surface area contributed by atoms with Gasteiger partial charge in [0.2, 0.25) is 10.0 Å². The highest BCUT2D eigenvalue weighted by atomic mass is 35.5. The van der Waals surface area contributed by atoms with Crippen LogP contribution in [0.25, 0.3) is 11.3 Å². The third-order valence-corrected chi connectivity index (χ3v) is 8.10. The van der Waals surface area contributed by atoms with Gasteiger partial charge in [-0.3, -0.25) is 10.1 Å². The smallest absolute Gasteiger partial charge is 0.269 e. The molecule has 1 aliphatic heterocycles. The minimum Gasteiger partial charge on any atom is -0.345 e. The molecule has 0 N–H and O–H groups in total. The lowest BCUT2D eigenvalue weighted by molar-refractivity contribution is -0.384. The summed E-state index contributed by atoms with van der Waals surface area (Å²) in [6.45, 7) is 1.54. The van der Waals surface area contributed by atoms with Crippen molar-refractivity contribution in [3.8, 4) is 11.3 Å². The Morgan fingerprint density at radius 1 is 1.00 bits per heavy atom. The lowest BCUT2D eigenvalue weighted by Crippen LogP contribution is -2.48. The number of nitro benzene ring substituents is 1. The number of thiazole rings is 1. The number of sulfonamides is 1. The molecule has 4 rings (SSSR count). The molecule has 12 heteroatoms. The number of halogens is 2. The summed E-state index contributed by atoms with van der Waals surface area (Å²) in [5.41, 5.74) is 1.43. The normalized spacial score (nSPS) is 15.2. The molecule has 1 aromatic heterocycles. The molecule has 1 fully saturated rings. The monoisotopic (exact) mass is 498 g/mol. The molecule has 162 valence electrons. The first-order chi connectivity index (χ1) is 14.7. The highest BCUT2D eigenvalue weighted by molar-refractivity contribution is 7.89. The molecule has 3 aromatic rings. The summed E-state index contributed by atoms with van der Waals surface area (Å²) < 4.78 is 27.1. The van der Waals surface area contributed by atoms with Crippen molar-refractivity contribution in [1.82, 2.24) is 9.29 Å². The summed E-state index contributed by atoms with van der Waals surface area (Å²) >= 11 is 13.6. The summed E-state index contributed by atoms with van der Waals surface area (Å²) in [6, 6.07) is 10.2. The van der Waals surface area contributed by atoms with Gasteiger partial charge in [-0.2, -0.15) is 4.31 Å². The number of non-ortho nitro benzene ring substituents is 1. The van der Waals surface area contributed by atoms with Crippen LogP contribution in [0.3, 0.4) is 0 Å². The van der Waals surface area contributed by atoms with Crippen molar-refractivity contribution in [2.75, 3.05) is 31.1 Å². The van der Waals surface area contributed by atoms with E-state index in [1.165, 1.54) is 39.9 Å². The average Bonchev–Trinajstić information content (AvgIpc) is 3.23. The molecular weight excluding hydrogens is 483 g/mol. The Hall–Kier alpha value is -2.24. The van der Waals surface area contributed by atoms with Gasteiger partial charge in [-0.25, -0.2) is 13.4 Å². The van der Waals surface area contributed by atoms with E-state index in [9.17, 15) is 18.5 Å². The summed E-state index contributed by atoms with van der Waals surface area (Å²) in [4.78, 5) is 16.9. The first-order valence-electron chi connectivity index (χ1n) is 9.15. The van der Waals surface area contributed by atoms with Crippen molar-refractivity contribution in [2.45, 2.75) is 4.90 Å². The Balaban J connectivity index is 1.45. The van der Waals surface area contributed by atoms with Crippen LogP contribution >= 0.6 is 34.5 Å². The van der Waals surface area contributed by atoms with E-state index >= 15 is 0 Å². The molecule has 1 saturated heterocycles. The number of rotatable bonds is 5. The van der Waals surface area contributed by atoms with Gasteiger partial charge in [0.15, 0.2) is 5.13 Å². The van der Waals surface area contributed by atoms with E-state index in [2.05, 4.69) is 4.98 Å². The van der Waals surface area contributed by atoms with E-state index < -0.39 is 14.9 Å². The van der Waals surface area contributed by atoms with Gasteiger partial charge in [0, 0.05) is 59.3 Å². The van der Waals surface area contributed by atoms with E-state index in [4.69, 9.17) is 23.2 Å². The Morgan fingerprint density at radius 3 is 2.19 bits per heavy atom. The van der Waals surface area contributed by atoms with E-state index in [1.807, 2.05) is 10.3 Å². The predicted molar refractivity (Wildman–Crippen MR) is 122 cm³/mol. The summed E-state index contributed by atoms with van der Waals surface area (Å²) in [6.07, 6.45) is 0. The molecule has 31 heavy (non-hydrogen) atoms. The second-order valence-corrected chi connectivity index (χ2v) is 10.5. The molecule has 2 heterocycles. The topological polar surface area (TPSA) is 96.6 Å². The fourth-order valence-electron chi connectivity index (χ4n) is 3.25. The Labute approximate surface area is 192 Å². The van der Waals surface area contributed by atoms with Gasteiger partial charge in [-0.15, -0.1) is 11.3 Å². The number of hydrogen-bond acceptors (Lipinski definition) is 7. The van der Waals surface area contributed by atoms with Crippen molar-refractivity contribution >= 4 is 55.4 Å². The Morgan fingerprint density at radius 2 is 1.61 bits per heavy atom. The maximum absolute atomic E-state index is 12.9. The second kappa shape index (κ2) is 8.71. The van der Waals surface area contributed by atoms with Gasteiger partial charge in [0.05, 0.1) is 15.5 Å². The van der Waals surface area contributed by atoms with Gasteiger partial charge in [-0.05, 0) is 30.3 Å². The van der Waals surface area contributed by atoms with Gasteiger partial charge >= 0.3 is 0 Å². The zero-order chi connectivity index (χ0) is 22.2. The van der Waals surface area contributed by atoms with Gasteiger partial charge in [0.25, 0.3) is 5.69 Å². The van der Waals surface area contributed by atoms with E-state index in [0.717, 1.165) is 16.4 Å². The van der Waals surface area contributed by atoms with E-state index in [0.29, 0.717) is 23.1 Å². The van der Waals surface area contributed by atoms with Gasteiger partial charge < -0.3 is 4.90 Å². The molecule has 1 aliphatic rings. The first-order valence-corrected chi connectivity index (χ1v) is 12.2. The number of piperazine rings is 1. The average molecular weight is 499 g/mol. The van der Waals surface area contributed by atoms with Crippen molar-refractivity contribution in [3.63, 3.8) is 0 Å². The molecule has 0 radical (unpaired) electrons. The molecule has 0 bridgehead atoms. The fourth-order valence-corrected chi connectivity index (χ4v) is 6.09. The van der Waals surface area contributed by atoms with Crippen molar-refractivity contribution in [3.05, 3.63) is 68.0 Å². The van der Waals surface area contributed by atoms with E-state index in [-0.39, 0.29) is 23.7 Å². The number of aromatic nitrogens is 1. The lowest BCUT2D eigenvalue weighted by atomic mass is 10.2. The van der Waals surface area contributed by atoms with Crippen LogP contribution in [-0.2, 0) is 10.0 Å². The van der Waals surface area contributed by atoms with Crippen LogP contribution in [0, 0.1) is 10.1 Å². The number of nitro groups is 1. The minimum atomic E-state index is -3.72. The third-order valence-electron chi connectivity index (χ3n) is 4.84. The third kappa shape index (κ3) is 4.68. The van der Waals surface area contributed by atoms with Crippen LogP contribution in [0.5, 0.6) is 0 Å². The van der Waals surface area contributed by atoms with Crippen molar-refractivity contribution in [2.24, 2.45) is 0 Å². The second-order valence-electron chi connectivity index (χ2n) is 6.82. The number of benzene rings is 2. The largest absolute Gasteiger partial charge is 0.345 e. The molecular formula is C19H16Cl2N4O4S2. The molecule has 0 amide bonds. The Bertz CT molecular complexity index is 1200. The molecule has 0 spiro atoms. The molecule has 2 aromatic carbocycles. The molecule has 0 unspecified atom stereocenters. The van der Waals surface area contributed by atoms with Crippen LogP contribution in [0.4, 0.5) is 10.8 Å². The molecule has 0 atom stereocenters. The number of anilines is 1. The Kier molecular flexibility index (Phi) is 6.18. The predicted octanol–water partition coefficient (Wildman–Crippen LogP) is 4.54.